The lowest BCUT2D eigenvalue weighted by atomic mass is 9.47. The van der Waals surface area contributed by atoms with Gasteiger partial charge in [0.05, 0.1) is 18.3 Å². The molecule has 4 aliphatic carbocycles. The Kier molecular flexibility index (Phi) is 3.36. The number of hydrogen-bond donors (Lipinski definition) is 1. The smallest absolute Gasteiger partial charge is 0.178 e. The molecule has 0 aromatic rings. The van der Waals surface area contributed by atoms with Crippen molar-refractivity contribution in [1.82, 2.24) is 0 Å². The fourth-order valence-corrected chi connectivity index (χ4v) is 7.29. The summed E-state index contributed by atoms with van der Waals surface area (Å²) in [5, 5.41) is 11.3. The zero-order chi connectivity index (χ0) is 18.5. The van der Waals surface area contributed by atoms with Crippen LogP contribution in [0, 0.1) is 28.6 Å². The highest BCUT2D eigenvalue weighted by Gasteiger charge is 2.67. The normalized spacial score (nSPS) is 54.2. The van der Waals surface area contributed by atoms with Crippen LogP contribution in [-0.2, 0) is 14.3 Å². The molecule has 4 heteroatoms. The van der Waals surface area contributed by atoms with Gasteiger partial charge in [-0.15, -0.1) is 0 Å². The summed E-state index contributed by atoms with van der Waals surface area (Å²) >= 11 is 0. The van der Waals surface area contributed by atoms with Crippen LogP contribution in [0.3, 0.4) is 0 Å². The predicted molar refractivity (Wildman–Crippen MR) is 97.2 cm³/mol. The number of carbonyl (C=O) groups is 1. The zero-order valence-corrected chi connectivity index (χ0v) is 16.2. The van der Waals surface area contributed by atoms with E-state index in [0.29, 0.717) is 11.8 Å². The fourth-order valence-electron chi connectivity index (χ4n) is 7.29. The molecule has 1 N–H and O–H groups in total. The lowest BCUT2D eigenvalue weighted by molar-refractivity contribution is -0.195. The number of carbonyl (C=O) groups excluding carboxylic acids is 1. The highest BCUT2D eigenvalue weighted by Crippen LogP contribution is 2.66. The molecule has 0 aromatic carbocycles. The first-order chi connectivity index (χ1) is 12.1. The van der Waals surface area contributed by atoms with Crippen LogP contribution >= 0.6 is 0 Å². The maximum Gasteiger partial charge on any atom is 0.178 e. The predicted octanol–water partition coefficient (Wildman–Crippen LogP) is 3.40. The second-order valence-corrected chi connectivity index (χ2v) is 10.1. The van der Waals surface area contributed by atoms with Gasteiger partial charge in [0.1, 0.15) is 0 Å². The molecule has 0 unspecified atom stereocenters. The van der Waals surface area contributed by atoms with Crippen molar-refractivity contribution >= 4 is 5.78 Å². The first kappa shape index (κ1) is 17.2. The largest absolute Gasteiger partial charge is 0.393 e. The standard InChI is InChI=1S/C22H30O4/c1-20(2)25-17-10-15-14-6-5-12-9-13(23)7-8-21(12,3)18(14)16(24)11-22(15,4)19(17)26-20/h7-9,14-19,24H,5-6,10-11H2,1-4H3/t14-,15-,16-,17+,18+,19+,21-,22-/m0/s1. The second kappa shape index (κ2) is 5.09. The minimum atomic E-state index is -0.522. The molecule has 0 radical (unpaired) electrons. The molecule has 5 aliphatic rings. The van der Waals surface area contributed by atoms with Crippen LogP contribution in [0.2, 0.25) is 0 Å². The van der Waals surface area contributed by atoms with Gasteiger partial charge in [0.2, 0.25) is 0 Å². The van der Waals surface area contributed by atoms with Crippen LogP contribution in [0.15, 0.2) is 23.8 Å². The van der Waals surface area contributed by atoms with E-state index in [1.807, 2.05) is 19.9 Å². The van der Waals surface area contributed by atoms with Gasteiger partial charge in [-0.25, -0.2) is 0 Å². The third kappa shape index (κ3) is 2.10. The molecule has 142 valence electrons. The summed E-state index contributed by atoms with van der Waals surface area (Å²) in [6.45, 7) is 8.51. The molecular formula is C22H30O4. The molecule has 1 saturated heterocycles. The van der Waals surface area contributed by atoms with E-state index >= 15 is 0 Å². The van der Waals surface area contributed by atoms with Crippen molar-refractivity contribution in [3.63, 3.8) is 0 Å². The van der Waals surface area contributed by atoms with Crippen molar-refractivity contribution in [3.05, 3.63) is 23.8 Å². The Balaban J connectivity index is 1.52. The Bertz CT molecular complexity index is 722. The number of fused-ring (bicyclic) bond motifs is 7. The van der Waals surface area contributed by atoms with Crippen LogP contribution in [0.5, 0.6) is 0 Å². The Morgan fingerprint density at radius 3 is 2.73 bits per heavy atom. The van der Waals surface area contributed by atoms with E-state index in [0.717, 1.165) is 25.7 Å². The molecule has 5 rings (SSSR count). The number of ketones is 1. The summed E-state index contributed by atoms with van der Waals surface area (Å²) in [6.07, 6.45) is 9.20. The number of aliphatic hydroxyl groups excluding tert-OH is 1. The minimum Gasteiger partial charge on any atom is -0.393 e. The number of rotatable bonds is 0. The van der Waals surface area contributed by atoms with Crippen LogP contribution in [-0.4, -0.2) is 35.0 Å². The van der Waals surface area contributed by atoms with Crippen LogP contribution in [0.1, 0.15) is 53.4 Å². The van der Waals surface area contributed by atoms with Crippen molar-refractivity contribution in [2.45, 2.75) is 77.5 Å². The van der Waals surface area contributed by atoms with E-state index in [-0.39, 0.29) is 40.8 Å². The third-order valence-corrected chi connectivity index (χ3v) is 8.25. The lowest BCUT2D eigenvalue weighted by Crippen LogP contribution is -2.57. The van der Waals surface area contributed by atoms with Crippen molar-refractivity contribution in [2.24, 2.45) is 28.6 Å². The van der Waals surface area contributed by atoms with E-state index in [1.54, 1.807) is 6.08 Å². The lowest BCUT2D eigenvalue weighted by Gasteiger charge is -2.58. The molecule has 4 fully saturated rings. The molecule has 0 aromatic heterocycles. The summed E-state index contributed by atoms with van der Waals surface area (Å²) < 4.78 is 12.5. The van der Waals surface area contributed by atoms with Gasteiger partial charge in [0.15, 0.2) is 11.6 Å². The molecule has 4 nitrogen and oxygen atoms in total. The minimum absolute atomic E-state index is 0.0369. The average molecular weight is 358 g/mol. The maximum absolute atomic E-state index is 11.9. The van der Waals surface area contributed by atoms with Crippen molar-refractivity contribution in [3.8, 4) is 0 Å². The molecule has 8 atom stereocenters. The van der Waals surface area contributed by atoms with Gasteiger partial charge >= 0.3 is 0 Å². The van der Waals surface area contributed by atoms with Crippen LogP contribution in [0.4, 0.5) is 0 Å². The Hall–Kier alpha value is -0.970. The zero-order valence-electron chi connectivity index (χ0n) is 16.2. The fraction of sp³-hybridized carbons (Fsp3) is 0.773. The maximum atomic E-state index is 11.9. The quantitative estimate of drug-likeness (QED) is 0.721. The van der Waals surface area contributed by atoms with Crippen molar-refractivity contribution < 1.29 is 19.4 Å². The van der Waals surface area contributed by atoms with Gasteiger partial charge in [0, 0.05) is 16.7 Å². The van der Waals surface area contributed by atoms with E-state index < -0.39 is 5.79 Å². The van der Waals surface area contributed by atoms with E-state index in [1.165, 1.54) is 5.57 Å². The van der Waals surface area contributed by atoms with Gasteiger partial charge in [-0.3, -0.25) is 4.79 Å². The van der Waals surface area contributed by atoms with Gasteiger partial charge in [0.25, 0.3) is 0 Å². The molecule has 0 bridgehead atoms. The van der Waals surface area contributed by atoms with Crippen LogP contribution in [0.25, 0.3) is 0 Å². The van der Waals surface area contributed by atoms with Crippen LogP contribution < -0.4 is 0 Å². The number of hydrogen-bond acceptors (Lipinski definition) is 4. The molecule has 0 amide bonds. The van der Waals surface area contributed by atoms with Crippen molar-refractivity contribution in [1.29, 1.82) is 0 Å². The average Bonchev–Trinajstić information content (AvgIpc) is 2.98. The molecule has 1 heterocycles. The molecule has 0 spiro atoms. The number of allylic oxidation sites excluding steroid dienone is 4. The molecule has 1 aliphatic heterocycles. The second-order valence-electron chi connectivity index (χ2n) is 10.1. The molecule has 26 heavy (non-hydrogen) atoms. The highest BCUT2D eigenvalue weighted by molar-refractivity contribution is 6.01. The summed E-state index contributed by atoms with van der Waals surface area (Å²) in [7, 11) is 0. The SMILES string of the molecule is CC1(C)O[C@@H]2[C@@H](C[C@H]3[C@@H]4CCC5=CC(=O)C=C[C@]5(C)[C@H]4[C@@H](O)C[C@]23C)O1. The van der Waals surface area contributed by atoms with Gasteiger partial charge in [-0.05, 0) is 63.5 Å². The van der Waals surface area contributed by atoms with Crippen molar-refractivity contribution in [2.75, 3.05) is 0 Å². The van der Waals surface area contributed by atoms with Gasteiger partial charge in [-0.2, -0.15) is 0 Å². The summed E-state index contributed by atoms with van der Waals surface area (Å²) in [5.41, 5.74) is 0.974. The van der Waals surface area contributed by atoms with E-state index in [2.05, 4.69) is 19.9 Å². The summed E-state index contributed by atoms with van der Waals surface area (Å²) in [5.74, 6) is 0.699. The number of ether oxygens (including phenoxy) is 2. The third-order valence-electron chi connectivity index (χ3n) is 8.25. The van der Waals surface area contributed by atoms with E-state index in [4.69, 9.17) is 9.47 Å². The highest BCUT2D eigenvalue weighted by atomic mass is 16.8. The summed E-state index contributed by atoms with van der Waals surface area (Å²) in [4.78, 5) is 11.9. The van der Waals surface area contributed by atoms with Gasteiger partial charge in [-0.1, -0.05) is 25.5 Å². The Labute approximate surface area is 155 Å². The first-order valence-corrected chi connectivity index (χ1v) is 10.1. The topological polar surface area (TPSA) is 55.8 Å². The Morgan fingerprint density at radius 2 is 1.96 bits per heavy atom. The van der Waals surface area contributed by atoms with E-state index in [9.17, 15) is 9.90 Å². The molecule has 3 saturated carbocycles. The summed E-state index contributed by atoms with van der Waals surface area (Å²) in [6, 6.07) is 0. The molecular weight excluding hydrogens is 328 g/mol. The Morgan fingerprint density at radius 1 is 1.19 bits per heavy atom. The number of aliphatic hydroxyl groups is 1. The first-order valence-electron chi connectivity index (χ1n) is 10.1. The van der Waals surface area contributed by atoms with Gasteiger partial charge < -0.3 is 14.6 Å². The monoisotopic (exact) mass is 358 g/mol.